The summed E-state index contributed by atoms with van der Waals surface area (Å²) in [5, 5.41) is 9.48. The van der Waals surface area contributed by atoms with Gasteiger partial charge in [0.1, 0.15) is 12.6 Å². The van der Waals surface area contributed by atoms with E-state index in [4.69, 9.17) is 0 Å². The summed E-state index contributed by atoms with van der Waals surface area (Å²) in [6.45, 7) is 0.275. The first-order chi connectivity index (χ1) is 11.9. The quantitative estimate of drug-likeness (QED) is 0.742. The molecule has 0 unspecified atom stereocenters. The van der Waals surface area contributed by atoms with Gasteiger partial charge in [0.25, 0.3) is 0 Å². The lowest BCUT2D eigenvalue weighted by atomic mass is 9.84. The number of carboxylic acids is 1. The number of likely N-dealkylation sites (N-methyl/N-ethyl adjacent to an activating group) is 1. The number of imide groups is 1. The highest BCUT2D eigenvalue weighted by Crippen LogP contribution is 2.40. The number of aliphatic carboxylic acids is 1. The molecule has 8 heteroatoms. The van der Waals surface area contributed by atoms with Crippen LogP contribution in [0.3, 0.4) is 0 Å². The molecule has 3 rings (SSSR count). The van der Waals surface area contributed by atoms with E-state index in [0.29, 0.717) is 12.8 Å². The number of urea groups is 1. The van der Waals surface area contributed by atoms with Crippen molar-refractivity contribution < 1.29 is 24.3 Å². The van der Waals surface area contributed by atoms with Gasteiger partial charge in [-0.2, -0.15) is 0 Å². The number of fused-ring (bicyclic) bond motifs is 1. The lowest BCUT2D eigenvalue weighted by Crippen LogP contribution is -2.46. The molecule has 0 radical (unpaired) electrons. The summed E-state index contributed by atoms with van der Waals surface area (Å²) >= 11 is 0. The minimum absolute atomic E-state index is 0.0310. The first-order valence-electron chi connectivity index (χ1n) is 8.99. The Kier molecular flexibility index (Phi) is 4.96. The average Bonchev–Trinajstić information content (AvgIpc) is 3.07. The molecular formula is C17H25N3O5. The van der Waals surface area contributed by atoms with Crippen LogP contribution in [0.1, 0.15) is 44.9 Å². The lowest BCUT2D eigenvalue weighted by Gasteiger charge is -2.33. The molecule has 4 amide bonds. The van der Waals surface area contributed by atoms with Crippen LogP contribution in [0.4, 0.5) is 4.79 Å². The number of carboxylic acid groups (broad SMARTS) is 1. The van der Waals surface area contributed by atoms with Crippen molar-refractivity contribution in [2.24, 2.45) is 5.92 Å². The van der Waals surface area contributed by atoms with E-state index >= 15 is 0 Å². The van der Waals surface area contributed by atoms with Gasteiger partial charge in [-0.15, -0.1) is 0 Å². The van der Waals surface area contributed by atoms with Gasteiger partial charge in [-0.25, -0.2) is 9.59 Å². The largest absolute Gasteiger partial charge is 0.480 e. The van der Waals surface area contributed by atoms with Crippen LogP contribution < -0.4 is 0 Å². The lowest BCUT2D eigenvalue weighted by molar-refractivity contribution is -0.150. The monoisotopic (exact) mass is 351 g/mol. The van der Waals surface area contributed by atoms with Gasteiger partial charge in [0.2, 0.25) is 11.8 Å². The highest BCUT2D eigenvalue weighted by molar-refractivity contribution is 6.01. The molecule has 25 heavy (non-hydrogen) atoms. The van der Waals surface area contributed by atoms with E-state index in [1.54, 1.807) is 11.9 Å². The third kappa shape index (κ3) is 3.34. The first-order valence-corrected chi connectivity index (χ1v) is 8.99. The van der Waals surface area contributed by atoms with Gasteiger partial charge in [0.15, 0.2) is 0 Å². The zero-order valence-electron chi connectivity index (χ0n) is 14.5. The molecule has 2 saturated heterocycles. The summed E-state index contributed by atoms with van der Waals surface area (Å²) in [6.07, 6.45) is 5.05. The smallest absolute Gasteiger partial charge is 0.326 e. The standard InChI is InChI=1S/C17H25N3O5/c1-18-10-15(22)19(17(18)25)8-4-7-14(21)20-12-6-3-2-5-11(12)9-13(20)16(23)24/h11-13H,2-10H2,1H3,(H,23,24)/t11-,12-,13+/m1/s1. The van der Waals surface area contributed by atoms with Crippen molar-refractivity contribution in [2.45, 2.75) is 57.0 Å². The maximum Gasteiger partial charge on any atom is 0.326 e. The van der Waals surface area contributed by atoms with Crippen LogP contribution >= 0.6 is 0 Å². The Morgan fingerprint density at radius 1 is 1.20 bits per heavy atom. The Labute approximate surface area is 146 Å². The van der Waals surface area contributed by atoms with Gasteiger partial charge in [0.05, 0.1) is 0 Å². The third-order valence-electron chi connectivity index (χ3n) is 5.66. The van der Waals surface area contributed by atoms with Crippen LogP contribution in [0.15, 0.2) is 0 Å². The molecular weight excluding hydrogens is 326 g/mol. The van der Waals surface area contributed by atoms with Gasteiger partial charge in [-0.05, 0) is 31.6 Å². The highest BCUT2D eigenvalue weighted by atomic mass is 16.4. The number of likely N-dealkylation sites (tertiary alicyclic amines) is 1. The van der Waals surface area contributed by atoms with E-state index < -0.39 is 12.0 Å². The van der Waals surface area contributed by atoms with Gasteiger partial charge in [0, 0.05) is 26.1 Å². The average molecular weight is 351 g/mol. The van der Waals surface area contributed by atoms with Crippen molar-refractivity contribution in [3.8, 4) is 0 Å². The second kappa shape index (κ2) is 7.01. The number of carbonyl (C=O) groups is 4. The van der Waals surface area contributed by atoms with E-state index in [0.717, 1.165) is 30.6 Å². The zero-order valence-corrected chi connectivity index (χ0v) is 14.5. The van der Waals surface area contributed by atoms with Crippen molar-refractivity contribution in [3.05, 3.63) is 0 Å². The van der Waals surface area contributed by atoms with Crippen LogP contribution in [-0.4, -0.2) is 75.8 Å². The maximum atomic E-state index is 12.7. The van der Waals surface area contributed by atoms with E-state index in [-0.39, 0.29) is 49.3 Å². The Hall–Kier alpha value is -2.12. The van der Waals surface area contributed by atoms with Crippen molar-refractivity contribution in [1.82, 2.24) is 14.7 Å². The number of carbonyl (C=O) groups excluding carboxylic acids is 3. The fourth-order valence-corrected chi connectivity index (χ4v) is 4.45. The molecule has 1 saturated carbocycles. The third-order valence-corrected chi connectivity index (χ3v) is 5.66. The van der Waals surface area contributed by atoms with E-state index in [1.807, 2.05) is 0 Å². The van der Waals surface area contributed by atoms with E-state index in [9.17, 15) is 24.3 Å². The normalized spacial score (nSPS) is 29.3. The molecule has 0 bridgehead atoms. The van der Waals surface area contributed by atoms with Crippen LogP contribution in [0.2, 0.25) is 0 Å². The number of amides is 4. The molecule has 3 aliphatic rings. The fourth-order valence-electron chi connectivity index (χ4n) is 4.45. The summed E-state index contributed by atoms with van der Waals surface area (Å²) in [5.74, 6) is -1.07. The van der Waals surface area contributed by atoms with Crippen LogP contribution in [0.25, 0.3) is 0 Å². The van der Waals surface area contributed by atoms with Gasteiger partial charge < -0.3 is 14.9 Å². The van der Waals surface area contributed by atoms with Crippen LogP contribution in [0, 0.1) is 5.92 Å². The highest BCUT2D eigenvalue weighted by Gasteiger charge is 2.47. The van der Waals surface area contributed by atoms with E-state index in [2.05, 4.69) is 0 Å². The minimum atomic E-state index is -0.936. The summed E-state index contributed by atoms with van der Waals surface area (Å²) in [4.78, 5) is 51.9. The van der Waals surface area contributed by atoms with E-state index in [1.165, 1.54) is 4.90 Å². The molecule has 1 aliphatic carbocycles. The molecule has 3 fully saturated rings. The molecule has 0 aromatic rings. The number of nitrogens with zero attached hydrogens (tertiary/aromatic N) is 3. The molecule has 8 nitrogen and oxygen atoms in total. The Balaban J connectivity index is 1.58. The molecule has 2 heterocycles. The van der Waals surface area contributed by atoms with Crippen LogP contribution in [0.5, 0.6) is 0 Å². The first kappa shape index (κ1) is 17.7. The summed E-state index contributed by atoms with van der Waals surface area (Å²) in [6, 6.07) is -1.04. The summed E-state index contributed by atoms with van der Waals surface area (Å²) in [5.41, 5.74) is 0. The fraction of sp³-hybridized carbons (Fsp3) is 0.765. The molecule has 0 aromatic carbocycles. The topological polar surface area (TPSA) is 98.2 Å². The predicted octanol–water partition coefficient (Wildman–Crippen LogP) is 0.905. The number of rotatable bonds is 5. The van der Waals surface area contributed by atoms with Crippen molar-refractivity contribution in [3.63, 3.8) is 0 Å². The Bertz CT molecular complexity index is 593. The van der Waals surface area contributed by atoms with Crippen LogP contribution in [-0.2, 0) is 14.4 Å². The van der Waals surface area contributed by atoms with Crippen molar-refractivity contribution in [2.75, 3.05) is 20.1 Å². The zero-order chi connectivity index (χ0) is 18.1. The second-order valence-electron chi connectivity index (χ2n) is 7.29. The molecule has 2 aliphatic heterocycles. The molecule has 0 aromatic heterocycles. The second-order valence-corrected chi connectivity index (χ2v) is 7.29. The number of hydrogen-bond donors (Lipinski definition) is 1. The molecule has 3 atom stereocenters. The maximum absolute atomic E-state index is 12.7. The number of hydrogen-bond acceptors (Lipinski definition) is 4. The van der Waals surface area contributed by atoms with Gasteiger partial charge in [-0.1, -0.05) is 12.8 Å². The van der Waals surface area contributed by atoms with Crippen molar-refractivity contribution in [1.29, 1.82) is 0 Å². The molecule has 0 spiro atoms. The molecule has 1 N–H and O–H groups in total. The Morgan fingerprint density at radius 2 is 1.92 bits per heavy atom. The van der Waals surface area contributed by atoms with Crippen molar-refractivity contribution >= 4 is 23.8 Å². The SMILES string of the molecule is CN1CC(=O)N(CCCC(=O)N2[C@@H]3CCCC[C@@H]3C[C@H]2C(=O)O)C1=O. The summed E-state index contributed by atoms with van der Waals surface area (Å²) in [7, 11) is 1.57. The molecule has 138 valence electrons. The van der Waals surface area contributed by atoms with Gasteiger partial charge in [-0.3, -0.25) is 14.5 Å². The predicted molar refractivity (Wildman–Crippen MR) is 87.6 cm³/mol. The summed E-state index contributed by atoms with van der Waals surface area (Å²) < 4.78 is 0. The minimum Gasteiger partial charge on any atom is -0.480 e. The Morgan fingerprint density at radius 3 is 2.56 bits per heavy atom. The van der Waals surface area contributed by atoms with Gasteiger partial charge >= 0.3 is 12.0 Å².